The average Bonchev–Trinajstić information content (AvgIpc) is 3.47. The quantitative estimate of drug-likeness (QED) is 0.741. The van der Waals surface area contributed by atoms with Gasteiger partial charge < -0.3 is 5.11 Å². The fraction of sp³-hybridized carbons (Fsp3) is 0.409. The van der Waals surface area contributed by atoms with Crippen LogP contribution in [0.3, 0.4) is 0 Å². The molecule has 2 heteroatoms. The first-order valence-electron chi connectivity index (χ1n) is 9.06. The Morgan fingerprint density at radius 2 is 1.67 bits per heavy atom. The van der Waals surface area contributed by atoms with Crippen molar-refractivity contribution in [3.05, 3.63) is 58.7 Å². The molecule has 2 aliphatic carbocycles. The van der Waals surface area contributed by atoms with Gasteiger partial charge in [-0.05, 0) is 77.3 Å². The van der Waals surface area contributed by atoms with Crippen LogP contribution in [0.4, 0.5) is 0 Å². The van der Waals surface area contributed by atoms with E-state index in [0.29, 0.717) is 23.3 Å². The second-order valence-electron chi connectivity index (χ2n) is 7.66. The van der Waals surface area contributed by atoms with Crippen LogP contribution in [0.15, 0.2) is 36.4 Å². The van der Waals surface area contributed by atoms with Crippen LogP contribution in [0.1, 0.15) is 84.3 Å². The summed E-state index contributed by atoms with van der Waals surface area (Å²) >= 11 is 0. The second kappa shape index (κ2) is 5.77. The van der Waals surface area contributed by atoms with Gasteiger partial charge >= 0.3 is 5.97 Å². The number of aromatic carboxylic acids is 1. The monoisotopic (exact) mass is 320 g/mol. The lowest BCUT2D eigenvalue weighted by Gasteiger charge is -2.16. The lowest BCUT2D eigenvalue weighted by atomic mass is 9.88. The van der Waals surface area contributed by atoms with E-state index in [9.17, 15) is 9.90 Å². The summed E-state index contributed by atoms with van der Waals surface area (Å²) in [5.74, 6) is 0.799. The van der Waals surface area contributed by atoms with E-state index < -0.39 is 5.97 Å². The van der Waals surface area contributed by atoms with Gasteiger partial charge in [-0.25, -0.2) is 4.79 Å². The van der Waals surface area contributed by atoms with Gasteiger partial charge in [-0.1, -0.05) is 44.2 Å². The zero-order valence-corrected chi connectivity index (χ0v) is 14.4. The molecule has 24 heavy (non-hydrogen) atoms. The van der Waals surface area contributed by atoms with Crippen LogP contribution in [0.5, 0.6) is 0 Å². The smallest absolute Gasteiger partial charge is 0.336 e. The largest absolute Gasteiger partial charge is 0.478 e. The van der Waals surface area contributed by atoms with Crippen molar-refractivity contribution in [3.63, 3.8) is 0 Å². The van der Waals surface area contributed by atoms with Crippen LogP contribution in [0.25, 0.3) is 11.1 Å². The molecular formula is C22H24O2. The zero-order valence-electron chi connectivity index (χ0n) is 14.4. The maximum atomic E-state index is 11.9. The Morgan fingerprint density at radius 3 is 2.25 bits per heavy atom. The summed E-state index contributed by atoms with van der Waals surface area (Å²) in [6.45, 7) is 4.37. The lowest BCUT2D eigenvalue weighted by Crippen LogP contribution is -2.03. The molecule has 4 rings (SSSR count). The molecule has 2 saturated carbocycles. The van der Waals surface area contributed by atoms with Gasteiger partial charge in [-0.15, -0.1) is 0 Å². The summed E-state index contributed by atoms with van der Waals surface area (Å²) < 4.78 is 0. The van der Waals surface area contributed by atoms with Gasteiger partial charge in [-0.2, -0.15) is 0 Å². The molecule has 0 aliphatic heterocycles. The van der Waals surface area contributed by atoms with Crippen molar-refractivity contribution in [2.75, 3.05) is 0 Å². The van der Waals surface area contributed by atoms with Crippen LogP contribution in [-0.4, -0.2) is 11.1 Å². The third-order valence-corrected chi connectivity index (χ3v) is 5.37. The molecule has 0 amide bonds. The fourth-order valence-corrected chi connectivity index (χ4v) is 3.56. The molecule has 2 fully saturated rings. The molecule has 2 nitrogen and oxygen atoms in total. The van der Waals surface area contributed by atoms with E-state index in [1.807, 2.05) is 12.1 Å². The molecule has 0 aromatic heterocycles. The number of carboxylic acid groups (broad SMARTS) is 1. The van der Waals surface area contributed by atoms with E-state index in [1.165, 1.54) is 42.4 Å². The van der Waals surface area contributed by atoms with Crippen molar-refractivity contribution in [1.29, 1.82) is 0 Å². The SMILES string of the molecule is CC(C)c1ccc(C2CC2)c(-c2ccc(C3CC3)cc2C(=O)O)c1. The zero-order chi connectivity index (χ0) is 16.8. The van der Waals surface area contributed by atoms with Crippen LogP contribution in [0.2, 0.25) is 0 Å². The number of carboxylic acids is 1. The van der Waals surface area contributed by atoms with E-state index in [4.69, 9.17) is 0 Å². The van der Waals surface area contributed by atoms with E-state index in [1.54, 1.807) is 0 Å². The van der Waals surface area contributed by atoms with Gasteiger partial charge in [0.2, 0.25) is 0 Å². The second-order valence-corrected chi connectivity index (χ2v) is 7.66. The summed E-state index contributed by atoms with van der Waals surface area (Å²) in [5.41, 5.74) is 6.25. The highest BCUT2D eigenvalue weighted by molar-refractivity contribution is 5.97. The minimum atomic E-state index is -0.816. The van der Waals surface area contributed by atoms with E-state index in [0.717, 1.165) is 11.1 Å². The molecule has 1 N–H and O–H groups in total. The fourth-order valence-electron chi connectivity index (χ4n) is 3.56. The molecule has 0 spiro atoms. The summed E-state index contributed by atoms with van der Waals surface area (Å²) in [6, 6.07) is 12.7. The molecule has 124 valence electrons. The van der Waals surface area contributed by atoms with E-state index in [2.05, 4.69) is 38.1 Å². The predicted molar refractivity (Wildman–Crippen MR) is 96.9 cm³/mol. The molecule has 2 aromatic rings. The third kappa shape index (κ3) is 2.86. The molecule has 2 aliphatic rings. The molecular weight excluding hydrogens is 296 g/mol. The first kappa shape index (κ1) is 15.4. The van der Waals surface area contributed by atoms with E-state index >= 15 is 0 Å². The minimum absolute atomic E-state index is 0.441. The van der Waals surface area contributed by atoms with Crippen LogP contribution in [0, 0.1) is 0 Å². The van der Waals surface area contributed by atoms with Crippen molar-refractivity contribution >= 4 is 5.97 Å². The number of hydrogen-bond donors (Lipinski definition) is 1. The Balaban J connectivity index is 1.87. The van der Waals surface area contributed by atoms with Gasteiger partial charge in [0.05, 0.1) is 5.56 Å². The molecule has 2 aromatic carbocycles. The first-order valence-corrected chi connectivity index (χ1v) is 9.06. The highest BCUT2D eigenvalue weighted by atomic mass is 16.4. The minimum Gasteiger partial charge on any atom is -0.478 e. The van der Waals surface area contributed by atoms with E-state index in [-0.39, 0.29) is 0 Å². The number of carbonyl (C=O) groups is 1. The van der Waals surface area contributed by atoms with Crippen molar-refractivity contribution in [3.8, 4) is 11.1 Å². The maximum Gasteiger partial charge on any atom is 0.336 e. The lowest BCUT2D eigenvalue weighted by molar-refractivity contribution is 0.0697. The molecule has 0 atom stereocenters. The van der Waals surface area contributed by atoms with Crippen LogP contribution >= 0.6 is 0 Å². The average molecular weight is 320 g/mol. The van der Waals surface area contributed by atoms with Gasteiger partial charge in [0.1, 0.15) is 0 Å². The predicted octanol–water partition coefficient (Wildman–Crippen LogP) is 5.93. The Morgan fingerprint density at radius 1 is 0.958 bits per heavy atom. The highest BCUT2D eigenvalue weighted by Gasteiger charge is 2.29. The molecule has 0 heterocycles. The molecule has 0 bridgehead atoms. The summed E-state index contributed by atoms with van der Waals surface area (Å²) in [4.78, 5) is 11.9. The summed E-state index contributed by atoms with van der Waals surface area (Å²) in [7, 11) is 0. The van der Waals surface area contributed by atoms with Crippen LogP contribution in [-0.2, 0) is 0 Å². The topological polar surface area (TPSA) is 37.3 Å². The van der Waals surface area contributed by atoms with Gasteiger partial charge in [0, 0.05) is 0 Å². The normalized spacial score (nSPS) is 17.3. The maximum absolute atomic E-state index is 11.9. The Kier molecular flexibility index (Phi) is 3.71. The van der Waals surface area contributed by atoms with Gasteiger partial charge in [0.15, 0.2) is 0 Å². The van der Waals surface area contributed by atoms with Crippen molar-refractivity contribution in [2.24, 2.45) is 0 Å². The first-order chi connectivity index (χ1) is 11.5. The molecule has 0 unspecified atom stereocenters. The van der Waals surface area contributed by atoms with Gasteiger partial charge in [0.25, 0.3) is 0 Å². The number of rotatable bonds is 5. The third-order valence-electron chi connectivity index (χ3n) is 5.37. The van der Waals surface area contributed by atoms with Gasteiger partial charge in [-0.3, -0.25) is 0 Å². The molecule has 0 saturated heterocycles. The summed E-state index contributed by atoms with van der Waals surface area (Å²) in [5, 5.41) is 9.78. The summed E-state index contributed by atoms with van der Waals surface area (Å²) in [6.07, 6.45) is 4.82. The Bertz CT molecular complexity index is 796. The highest BCUT2D eigenvalue weighted by Crippen LogP contribution is 2.47. The van der Waals surface area contributed by atoms with Crippen molar-refractivity contribution in [2.45, 2.75) is 57.3 Å². The Labute approximate surface area is 143 Å². The Hall–Kier alpha value is -2.09. The standard InChI is InChI=1S/C22H24O2/c1-13(2)16-7-9-18(15-5-6-15)20(11-16)19-10-8-17(14-3-4-14)12-21(19)22(23)24/h7-15H,3-6H2,1-2H3,(H,23,24). The number of benzene rings is 2. The number of hydrogen-bond acceptors (Lipinski definition) is 1. The van der Waals surface area contributed by atoms with Crippen molar-refractivity contribution in [1.82, 2.24) is 0 Å². The van der Waals surface area contributed by atoms with Crippen molar-refractivity contribution < 1.29 is 9.90 Å². The van der Waals surface area contributed by atoms with Crippen LogP contribution < -0.4 is 0 Å². The molecule has 0 radical (unpaired) electrons.